The molecule has 0 amide bonds. The molecule has 0 heterocycles. The topological polar surface area (TPSA) is 21.3 Å². The molecule has 2 bridgehead atoms. The molecule has 0 saturated heterocycles. The van der Waals surface area contributed by atoms with Gasteiger partial charge in [-0.15, -0.1) is 0 Å². The lowest BCUT2D eigenvalue weighted by atomic mass is 9.60. The zero-order chi connectivity index (χ0) is 16.3. The number of ether oxygens (including phenoxy) is 1. The lowest BCUT2D eigenvalue weighted by Gasteiger charge is -2.51. The predicted octanol–water partition coefficient (Wildman–Crippen LogP) is 5.17. The quantitative estimate of drug-likeness (QED) is 0.782. The summed E-state index contributed by atoms with van der Waals surface area (Å²) in [7, 11) is 0. The van der Waals surface area contributed by atoms with E-state index in [4.69, 9.17) is 4.74 Å². The maximum absolute atomic E-state index is 5.54. The van der Waals surface area contributed by atoms with Crippen LogP contribution < -0.4 is 10.1 Å². The van der Waals surface area contributed by atoms with Gasteiger partial charge in [-0.3, -0.25) is 0 Å². The van der Waals surface area contributed by atoms with Crippen LogP contribution in [0.4, 0.5) is 0 Å². The average Bonchev–Trinajstić information content (AvgIpc) is 2.53. The van der Waals surface area contributed by atoms with E-state index in [1.54, 1.807) is 0 Å². The summed E-state index contributed by atoms with van der Waals surface area (Å²) < 4.78 is 5.54. The monoisotopic (exact) mass is 315 g/mol. The maximum Gasteiger partial charge on any atom is 0.119 e. The number of nitrogens with one attached hydrogen (secondary N) is 1. The van der Waals surface area contributed by atoms with Gasteiger partial charge in [0.25, 0.3) is 0 Å². The minimum absolute atomic E-state index is 0.389. The van der Waals surface area contributed by atoms with Crippen molar-refractivity contribution in [2.45, 2.75) is 71.4 Å². The van der Waals surface area contributed by atoms with E-state index in [-0.39, 0.29) is 0 Å². The summed E-state index contributed by atoms with van der Waals surface area (Å²) >= 11 is 0. The Bertz CT molecular complexity index is 493. The number of fused-ring (bicyclic) bond motifs is 2. The van der Waals surface area contributed by atoms with E-state index >= 15 is 0 Å². The zero-order valence-corrected chi connectivity index (χ0v) is 15.1. The van der Waals surface area contributed by atoms with Crippen LogP contribution in [-0.2, 0) is 6.54 Å². The third-order valence-corrected chi connectivity index (χ3v) is 5.98. The van der Waals surface area contributed by atoms with Gasteiger partial charge in [0.2, 0.25) is 0 Å². The molecule has 2 saturated carbocycles. The molecule has 23 heavy (non-hydrogen) atoms. The summed E-state index contributed by atoms with van der Waals surface area (Å²) in [5.74, 6) is 3.73. The van der Waals surface area contributed by atoms with Crippen molar-refractivity contribution in [2.24, 2.45) is 17.8 Å². The average molecular weight is 316 g/mol. The van der Waals surface area contributed by atoms with Gasteiger partial charge in [-0.25, -0.2) is 0 Å². The molecule has 4 unspecified atom stereocenters. The molecule has 2 nitrogen and oxygen atoms in total. The molecule has 3 rings (SSSR count). The largest absolute Gasteiger partial charge is 0.494 e. The first-order chi connectivity index (χ1) is 11.1. The van der Waals surface area contributed by atoms with Crippen LogP contribution >= 0.6 is 0 Å². The summed E-state index contributed by atoms with van der Waals surface area (Å²) in [5, 5.41) is 3.99. The Kier molecular flexibility index (Phi) is 5.31. The molecule has 2 heteroatoms. The molecule has 4 atom stereocenters. The fourth-order valence-corrected chi connectivity index (χ4v) is 5.18. The van der Waals surface area contributed by atoms with Gasteiger partial charge in [-0.2, -0.15) is 0 Å². The van der Waals surface area contributed by atoms with Gasteiger partial charge < -0.3 is 10.1 Å². The molecule has 1 aromatic rings. The number of rotatable bonds is 6. The summed E-state index contributed by atoms with van der Waals surface area (Å²) in [4.78, 5) is 0. The molecule has 2 aliphatic carbocycles. The molecule has 1 aromatic carbocycles. The number of benzene rings is 1. The van der Waals surface area contributed by atoms with Crippen LogP contribution in [0.5, 0.6) is 5.75 Å². The second-order valence-electron chi connectivity index (χ2n) is 8.04. The Labute approximate surface area is 142 Å². The van der Waals surface area contributed by atoms with E-state index in [1.165, 1.54) is 44.1 Å². The standard InChI is InChI=1S/C21H33NO/c1-4-17-11-19-10-16(3)12-21(13-17,14-19)22-15-18-6-8-20(9-7-18)23-5-2/h6-9,16-17,19,22H,4-5,10-15H2,1-3H3. The van der Waals surface area contributed by atoms with Crippen molar-refractivity contribution >= 4 is 0 Å². The van der Waals surface area contributed by atoms with Gasteiger partial charge in [-0.05, 0) is 74.5 Å². The van der Waals surface area contributed by atoms with Crippen molar-refractivity contribution in [3.8, 4) is 5.75 Å². The second kappa shape index (κ2) is 7.25. The highest BCUT2D eigenvalue weighted by molar-refractivity contribution is 5.27. The van der Waals surface area contributed by atoms with Crippen molar-refractivity contribution < 1.29 is 4.74 Å². The van der Waals surface area contributed by atoms with Crippen LogP contribution in [0.3, 0.4) is 0 Å². The van der Waals surface area contributed by atoms with Crippen molar-refractivity contribution in [2.75, 3.05) is 6.61 Å². The molecule has 1 N–H and O–H groups in total. The van der Waals surface area contributed by atoms with Crippen LogP contribution in [0.2, 0.25) is 0 Å². The number of hydrogen-bond acceptors (Lipinski definition) is 2. The lowest BCUT2D eigenvalue weighted by Crippen LogP contribution is -2.54. The van der Waals surface area contributed by atoms with Crippen LogP contribution in [0.25, 0.3) is 0 Å². The van der Waals surface area contributed by atoms with Gasteiger partial charge in [0.05, 0.1) is 6.61 Å². The van der Waals surface area contributed by atoms with Crippen molar-refractivity contribution in [3.63, 3.8) is 0 Å². The molecular weight excluding hydrogens is 282 g/mol. The summed E-state index contributed by atoms with van der Waals surface area (Å²) in [5.41, 5.74) is 1.76. The zero-order valence-electron chi connectivity index (χ0n) is 15.1. The molecule has 0 aromatic heterocycles. The molecule has 2 fully saturated rings. The molecule has 0 aliphatic heterocycles. The Morgan fingerprint density at radius 2 is 1.87 bits per heavy atom. The second-order valence-corrected chi connectivity index (χ2v) is 8.04. The van der Waals surface area contributed by atoms with E-state index in [0.717, 1.165) is 36.7 Å². The van der Waals surface area contributed by atoms with Gasteiger partial charge in [0.1, 0.15) is 5.75 Å². The molecule has 0 radical (unpaired) electrons. The van der Waals surface area contributed by atoms with Crippen molar-refractivity contribution in [1.29, 1.82) is 0 Å². The SMILES string of the molecule is CCOc1ccc(CNC23CC(C)CC(CC(CC)C2)C3)cc1. The minimum Gasteiger partial charge on any atom is -0.494 e. The third kappa shape index (κ3) is 4.09. The third-order valence-electron chi connectivity index (χ3n) is 5.98. The van der Waals surface area contributed by atoms with E-state index in [2.05, 4.69) is 43.4 Å². The first-order valence-electron chi connectivity index (χ1n) is 9.59. The van der Waals surface area contributed by atoms with Gasteiger partial charge in [0, 0.05) is 12.1 Å². The van der Waals surface area contributed by atoms with Crippen LogP contribution in [0, 0.1) is 17.8 Å². The summed E-state index contributed by atoms with van der Waals surface area (Å²) in [6, 6.07) is 8.61. The molecule has 0 spiro atoms. The van der Waals surface area contributed by atoms with Gasteiger partial charge in [0.15, 0.2) is 0 Å². The normalized spacial score (nSPS) is 33.4. The first kappa shape index (κ1) is 16.8. The minimum atomic E-state index is 0.389. The van der Waals surface area contributed by atoms with E-state index < -0.39 is 0 Å². The van der Waals surface area contributed by atoms with E-state index in [0.29, 0.717) is 5.54 Å². The highest BCUT2D eigenvalue weighted by Gasteiger charge is 2.44. The van der Waals surface area contributed by atoms with E-state index in [1.807, 2.05) is 6.92 Å². The summed E-state index contributed by atoms with van der Waals surface area (Å²) in [6.45, 7) is 8.57. The molecular formula is C21H33NO. The van der Waals surface area contributed by atoms with Crippen LogP contribution in [-0.4, -0.2) is 12.1 Å². The highest BCUT2D eigenvalue weighted by atomic mass is 16.5. The fourth-order valence-electron chi connectivity index (χ4n) is 5.18. The van der Waals surface area contributed by atoms with Gasteiger partial charge in [-0.1, -0.05) is 32.4 Å². The smallest absolute Gasteiger partial charge is 0.119 e. The first-order valence-corrected chi connectivity index (χ1v) is 9.59. The molecule has 128 valence electrons. The van der Waals surface area contributed by atoms with Crippen LogP contribution in [0.15, 0.2) is 24.3 Å². The Morgan fingerprint density at radius 1 is 1.09 bits per heavy atom. The predicted molar refractivity (Wildman–Crippen MR) is 96.7 cm³/mol. The highest BCUT2D eigenvalue weighted by Crippen LogP contribution is 2.48. The van der Waals surface area contributed by atoms with Gasteiger partial charge >= 0.3 is 0 Å². The fraction of sp³-hybridized carbons (Fsp3) is 0.714. The summed E-state index contributed by atoms with van der Waals surface area (Å²) in [6.07, 6.45) is 8.39. The Morgan fingerprint density at radius 3 is 2.57 bits per heavy atom. The van der Waals surface area contributed by atoms with Crippen molar-refractivity contribution in [3.05, 3.63) is 29.8 Å². The molecule has 2 aliphatic rings. The Balaban J connectivity index is 1.64. The van der Waals surface area contributed by atoms with Crippen LogP contribution in [0.1, 0.15) is 64.9 Å². The van der Waals surface area contributed by atoms with E-state index in [9.17, 15) is 0 Å². The lowest BCUT2D eigenvalue weighted by molar-refractivity contribution is 0.0475. The number of hydrogen-bond donors (Lipinski definition) is 1. The Hall–Kier alpha value is -1.02. The maximum atomic E-state index is 5.54. The van der Waals surface area contributed by atoms with Crippen molar-refractivity contribution in [1.82, 2.24) is 5.32 Å².